The number of hydrogen-bond donors (Lipinski definition) is 1. The molecule has 1 heteroatoms. The van der Waals surface area contributed by atoms with Gasteiger partial charge in [-0.2, -0.15) is 12.6 Å². The Balaban J connectivity index is 3.90. The van der Waals surface area contributed by atoms with Crippen LogP contribution in [-0.2, 0) is 0 Å². The lowest BCUT2D eigenvalue weighted by atomic mass is 10.3. The average Bonchev–Trinajstić information content (AvgIpc) is 1.91. The molecule has 0 spiro atoms. The van der Waals surface area contributed by atoms with E-state index in [1.165, 1.54) is 0 Å². The van der Waals surface area contributed by atoms with Crippen LogP contribution in [-0.4, -0.2) is 5.75 Å². The molecule has 0 aromatic rings. The minimum atomic E-state index is 0.758. The Kier molecular flexibility index (Phi) is 5.43. The molecule has 0 bridgehead atoms. The Morgan fingerprint density at radius 2 is 2.33 bits per heavy atom. The highest BCUT2D eigenvalue weighted by Gasteiger charge is 1.80. The Morgan fingerprint density at radius 1 is 1.67 bits per heavy atom. The van der Waals surface area contributed by atoms with E-state index in [1.807, 2.05) is 31.2 Å². The van der Waals surface area contributed by atoms with E-state index in [9.17, 15) is 0 Å². The summed E-state index contributed by atoms with van der Waals surface area (Å²) in [5.41, 5.74) is 1.15. The second-order valence-corrected chi connectivity index (χ2v) is 1.95. The van der Waals surface area contributed by atoms with Crippen molar-refractivity contribution in [2.75, 3.05) is 5.75 Å². The molecular weight excluding hydrogens is 128 g/mol. The first-order valence-corrected chi connectivity index (χ1v) is 3.53. The van der Waals surface area contributed by atoms with Crippen LogP contribution in [0.3, 0.4) is 0 Å². The van der Waals surface area contributed by atoms with Crippen LogP contribution in [0.15, 0.2) is 36.5 Å². The van der Waals surface area contributed by atoms with Crippen LogP contribution in [0, 0.1) is 0 Å². The standard InChI is InChI=1S/C8H12S/c1-3-5-6-8(4-2)7-9/h3-6,9H,2,7H2,1H3/b5-3-,8-6+. The quantitative estimate of drug-likeness (QED) is 0.452. The molecular formula is C8H12S. The summed E-state index contributed by atoms with van der Waals surface area (Å²) in [6.45, 7) is 5.62. The van der Waals surface area contributed by atoms with Crippen LogP contribution in [0.5, 0.6) is 0 Å². The van der Waals surface area contributed by atoms with E-state index in [4.69, 9.17) is 0 Å². The van der Waals surface area contributed by atoms with Crippen LogP contribution < -0.4 is 0 Å². The molecule has 0 fully saturated rings. The number of rotatable bonds is 3. The maximum absolute atomic E-state index is 4.10. The molecule has 0 saturated heterocycles. The molecule has 0 amide bonds. The summed E-state index contributed by atoms with van der Waals surface area (Å²) < 4.78 is 0. The molecule has 0 atom stereocenters. The third-order valence-electron chi connectivity index (χ3n) is 0.948. The third-order valence-corrected chi connectivity index (χ3v) is 1.31. The van der Waals surface area contributed by atoms with Crippen molar-refractivity contribution >= 4 is 12.6 Å². The molecule has 0 saturated carbocycles. The predicted octanol–water partition coefficient (Wildman–Crippen LogP) is 2.60. The van der Waals surface area contributed by atoms with Gasteiger partial charge in [0.15, 0.2) is 0 Å². The van der Waals surface area contributed by atoms with E-state index in [1.54, 1.807) is 0 Å². The van der Waals surface area contributed by atoms with E-state index in [2.05, 4.69) is 19.2 Å². The number of thiol groups is 1. The highest BCUT2D eigenvalue weighted by atomic mass is 32.1. The molecule has 9 heavy (non-hydrogen) atoms. The lowest BCUT2D eigenvalue weighted by Crippen LogP contribution is -1.74. The fourth-order valence-corrected chi connectivity index (χ4v) is 0.640. The molecule has 0 rings (SSSR count). The zero-order valence-electron chi connectivity index (χ0n) is 5.67. The summed E-state index contributed by atoms with van der Waals surface area (Å²) in [6.07, 6.45) is 7.77. The molecule has 0 radical (unpaired) electrons. The first-order valence-electron chi connectivity index (χ1n) is 2.90. The molecule has 0 aromatic heterocycles. The topological polar surface area (TPSA) is 0 Å². The zero-order valence-corrected chi connectivity index (χ0v) is 6.57. The summed E-state index contributed by atoms with van der Waals surface area (Å²) in [6, 6.07) is 0. The summed E-state index contributed by atoms with van der Waals surface area (Å²) in [5, 5.41) is 0. The van der Waals surface area contributed by atoms with Crippen molar-refractivity contribution in [2.24, 2.45) is 0 Å². The van der Waals surface area contributed by atoms with Gasteiger partial charge in [-0.15, -0.1) is 0 Å². The van der Waals surface area contributed by atoms with Crippen molar-refractivity contribution in [3.8, 4) is 0 Å². The summed E-state index contributed by atoms with van der Waals surface area (Å²) in [5.74, 6) is 0.758. The van der Waals surface area contributed by atoms with Crippen molar-refractivity contribution in [2.45, 2.75) is 6.92 Å². The van der Waals surface area contributed by atoms with Gasteiger partial charge in [-0.1, -0.05) is 30.9 Å². The highest BCUT2D eigenvalue weighted by Crippen LogP contribution is 1.97. The summed E-state index contributed by atoms with van der Waals surface area (Å²) in [4.78, 5) is 0. The van der Waals surface area contributed by atoms with Gasteiger partial charge in [0, 0.05) is 5.75 Å². The van der Waals surface area contributed by atoms with Crippen molar-refractivity contribution in [1.29, 1.82) is 0 Å². The lowest BCUT2D eigenvalue weighted by Gasteiger charge is -1.89. The van der Waals surface area contributed by atoms with Crippen LogP contribution in [0.4, 0.5) is 0 Å². The minimum Gasteiger partial charge on any atom is -0.175 e. The Labute approximate surface area is 62.4 Å². The monoisotopic (exact) mass is 140 g/mol. The second-order valence-electron chi connectivity index (χ2n) is 1.63. The fourth-order valence-electron chi connectivity index (χ4n) is 0.405. The van der Waals surface area contributed by atoms with Crippen LogP contribution in [0.1, 0.15) is 6.92 Å². The minimum absolute atomic E-state index is 0.758. The number of hydrogen-bond acceptors (Lipinski definition) is 1. The maximum Gasteiger partial charge on any atom is 0.0154 e. The van der Waals surface area contributed by atoms with Crippen LogP contribution in [0.25, 0.3) is 0 Å². The molecule has 0 aliphatic heterocycles. The van der Waals surface area contributed by atoms with Gasteiger partial charge < -0.3 is 0 Å². The molecule has 0 aliphatic carbocycles. The van der Waals surface area contributed by atoms with Gasteiger partial charge in [0.2, 0.25) is 0 Å². The molecule has 0 aromatic carbocycles. The smallest absolute Gasteiger partial charge is 0.0154 e. The van der Waals surface area contributed by atoms with Gasteiger partial charge in [-0.3, -0.25) is 0 Å². The summed E-state index contributed by atoms with van der Waals surface area (Å²) >= 11 is 4.10. The second kappa shape index (κ2) is 5.70. The molecule has 0 unspecified atom stereocenters. The van der Waals surface area contributed by atoms with Gasteiger partial charge in [0.25, 0.3) is 0 Å². The van der Waals surface area contributed by atoms with E-state index in [-0.39, 0.29) is 0 Å². The largest absolute Gasteiger partial charge is 0.175 e. The Bertz CT molecular complexity index is 132. The van der Waals surface area contributed by atoms with E-state index < -0.39 is 0 Å². The molecule has 50 valence electrons. The Hall–Kier alpha value is -0.430. The SMILES string of the molecule is C=C/C(=C\C=C/C)CS. The fraction of sp³-hybridized carbons (Fsp3) is 0.250. The van der Waals surface area contributed by atoms with E-state index in [0.29, 0.717) is 0 Å². The van der Waals surface area contributed by atoms with Crippen LogP contribution >= 0.6 is 12.6 Å². The van der Waals surface area contributed by atoms with E-state index in [0.717, 1.165) is 11.3 Å². The maximum atomic E-state index is 4.10. The van der Waals surface area contributed by atoms with Gasteiger partial charge in [-0.05, 0) is 12.5 Å². The first-order chi connectivity index (χ1) is 4.35. The zero-order chi connectivity index (χ0) is 7.11. The molecule has 0 aliphatic rings. The lowest BCUT2D eigenvalue weighted by molar-refractivity contribution is 1.56. The molecule has 0 N–H and O–H groups in total. The van der Waals surface area contributed by atoms with Crippen molar-refractivity contribution in [3.05, 3.63) is 36.5 Å². The van der Waals surface area contributed by atoms with Gasteiger partial charge in [-0.25, -0.2) is 0 Å². The Morgan fingerprint density at radius 3 is 2.67 bits per heavy atom. The highest BCUT2D eigenvalue weighted by molar-refractivity contribution is 7.80. The normalized spacial score (nSPS) is 12.4. The van der Waals surface area contributed by atoms with E-state index >= 15 is 0 Å². The third kappa shape index (κ3) is 4.10. The molecule has 0 heterocycles. The van der Waals surface area contributed by atoms with Gasteiger partial charge in [0.05, 0.1) is 0 Å². The van der Waals surface area contributed by atoms with Gasteiger partial charge >= 0.3 is 0 Å². The molecule has 0 nitrogen and oxygen atoms in total. The number of allylic oxidation sites excluding steroid dienone is 4. The van der Waals surface area contributed by atoms with Crippen molar-refractivity contribution in [3.63, 3.8) is 0 Å². The van der Waals surface area contributed by atoms with Crippen LogP contribution in [0.2, 0.25) is 0 Å². The van der Waals surface area contributed by atoms with Crippen molar-refractivity contribution in [1.82, 2.24) is 0 Å². The van der Waals surface area contributed by atoms with Gasteiger partial charge in [0.1, 0.15) is 0 Å². The summed E-state index contributed by atoms with van der Waals surface area (Å²) in [7, 11) is 0. The van der Waals surface area contributed by atoms with Crippen molar-refractivity contribution < 1.29 is 0 Å². The predicted molar refractivity (Wildman–Crippen MR) is 46.9 cm³/mol. The first kappa shape index (κ1) is 8.57. The average molecular weight is 140 g/mol.